The molecular formula is C15H23NO3S. The molecule has 0 saturated carbocycles. The van der Waals surface area contributed by atoms with E-state index >= 15 is 0 Å². The van der Waals surface area contributed by atoms with Crippen LogP contribution < -0.4 is 4.72 Å². The molecule has 20 heavy (non-hydrogen) atoms. The molecule has 0 amide bonds. The summed E-state index contributed by atoms with van der Waals surface area (Å²) in [5.41, 5.74) is -0.178. The van der Waals surface area contributed by atoms with Gasteiger partial charge in [-0.1, -0.05) is 32.0 Å². The fraction of sp³-hybridized carbons (Fsp3) is 0.600. The molecule has 1 atom stereocenters. The Kier molecular flexibility index (Phi) is 4.83. The van der Waals surface area contributed by atoms with E-state index in [1.807, 2.05) is 6.07 Å². The molecule has 112 valence electrons. The van der Waals surface area contributed by atoms with Crippen molar-refractivity contribution in [2.75, 3.05) is 6.61 Å². The third-order valence-corrected chi connectivity index (χ3v) is 5.69. The lowest BCUT2D eigenvalue weighted by Gasteiger charge is -2.40. The average molecular weight is 297 g/mol. The number of ether oxygens (including phenoxy) is 1. The van der Waals surface area contributed by atoms with E-state index in [9.17, 15) is 8.42 Å². The zero-order valence-corrected chi connectivity index (χ0v) is 12.9. The predicted octanol–water partition coefficient (Wildman–Crippen LogP) is 2.70. The summed E-state index contributed by atoms with van der Waals surface area (Å²) in [6.07, 6.45) is 3.29. The van der Waals surface area contributed by atoms with Gasteiger partial charge in [-0.3, -0.25) is 0 Å². The molecule has 0 radical (unpaired) electrons. The molecule has 4 nitrogen and oxygen atoms in total. The Morgan fingerprint density at radius 1 is 1.25 bits per heavy atom. The van der Waals surface area contributed by atoms with E-state index in [2.05, 4.69) is 18.6 Å². The van der Waals surface area contributed by atoms with Gasteiger partial charge in [0, 0.05) is 12.6 Å². The third-order valence-electron chi connectivity index (χ3n) is 4.16. The topological polar surface area (TPSA) is 55.4 Å². The lowest BCUT2D eigenvalue weighted by Crippen LogP contribution is -2.48. The van der Waals surface area contributed by atoms with Gasteiger partial charge in [-0.05, 0) is 37.8 Å². The predicted molar refractivity (Wildman–Crippen MR) is 79.1 cm³/mol. The first-order valence-electron chi connectivity index (χ1n) is 7.23. The Morgan fingerprint density at radius 2 is 1.90 bits per heavy atom. The van der Waals surface area contributed by atoms with Crippen LogP contribution in [0.2, 0.25) is 0 Å². The van der Waals surface area contributed by atoms with Gasteiger partial charge in [0.05, 0.1) is 10.5 Å². The van der Waals surface area contributed by atoms with Crippen LogP contribution in [0.15, 0.2) is 35.2 Å². The van der Waals surface area contributed by atoms with E-state index in [4.69, 9.17) is 4.74 Å². The fourth-order valence-electron chi connectivity index (χ4n) is 2.76. The SMILES string of the molecule is CCC1(CC)CC(NS(=O)(=O)c2ccccc2)CCO1. The summed E-state index contributed by atoms with van der Waals surface area (Å²) in [5.74, 6) is 0. The molecule has 1 aromatic rings. The quantitative estimate of drug-likeness (QED) is 0.909. The van der Waals surface area contributed by atoms with Gasteiger partial charge in [0.2, 0.25) is 10.0 Å². The molecule has 2 rings (SSSR count). The zero-order chi connectivity index (χ0) is 14.6. The summed E-state index contributed by atoms with van der Waals surface area (Å²) in [5, 5.41) is 0. The maximum Gasteiger partial charge on any atom is 0.240 e. The van der Waals surface area contributed by atoms with Crippen molar-refractivity contribution in [1.29, 1.82) is 0 Å². The van der Waals surface area contributed by atoms with Gasteiger partial charge in [0.25, 0.3) is 0 Å². The number of sulfonamides is 1. The normalized spacial score (nSPS) is 22.6. The van der Waals surface area contributed by atoms with Gasteiger partial charge in [0.1, 0.15) is 0 Å². The molecule has 0 aliphatic carbocycles. The minimum absolute atomic E-state index is 0.0474. The van der Waals surface area contributed by atoms with Crippen molar-refractivity contribution in [3.05, 3.63) is 30.3 Å². The molecule has 5 heteroatoms. The summed E-state index contributed by atoms with van der Waals surface area (Å²) >= 11 is 0. The minimum atomic E-state index is -3.43. The molecule has 0 bridgehead atoms. The summed E-state index contributed by atoms with van der Waals surface area (Å²) < 4.78 is 33.4. The van der Waals surface area contributed by atoms with Crippen LogP contribution in [-0.2, 0) is 14.8 Å². The maximum absolute atomic E-state index is 12.3. The Hall–Kier alpha value is -0.910. The lowest BCUT2D eigenvalue weighted by atomic mass is 9.86. The largest absolute Gasteiger partial charge is 0.375 e. The first kappa shape index (κ1) is 15.5. The van der Waals surface area contributed by atoms with E-state index < -0.39 is 10.0 Å². The zero-order valence-electron chi connectivity index (χ0n) is 12.1. The molecule has 1 aliphatic rings. The summed E-state index contributed by atoms with van der Waals surface area (Å²) in [6, 6.07) is 8.48. The van der Waals surface area contributed by atoms with Crippen molar-refractivity contribution < 1.29 is 13.2 Å². The second kappa shape index (κ2) is 6.24. The summed E-state index contributed by atoms with van der Waals surface area (Å²) in [4.78, 5) is 0.324. The third kappa shape index (κ3) is 3.40. The standard InChI is InChI=1S/C15H23NO3S/c1-3-15(4-2)12-13(10-11-19-15)16-20(17,18)14-8-6-5-7-9-14/h5-9,13,16H,3-4,10-12H2,1-2H3. The number of hydrogen-bond donors (Lipinski definition) is 1. The van der Waals surface area contributed by atoms with E-state index in [0.717, 1.165) is 25.7 Å². The van der Waals surface area contributed by atoms with Gasteiger partial charge in [-0.25, -0.2) is 13.1 Å². The van der Waals surface area contributed by atoms with Crippen LogP contribution in [0, 0.1) is 0 Å². The molecule has 1 N–H and O–H groups in total. The van der Waals surface area contributed by atoms with Crippen molar-refractivity contribution in [2.24, 2.45) is 0 Å². The number of nitrogens with one attached hydrogen (secondary N) is 1. The molecule has 1 unspecified atom stereocenters. The monoisotopic (exact) mass is 297 g/mol. The first-order valence-corrected chi connectivity index (χ1v) is 8.71. The van der Waals surface area contributed by atoms with Crippen LogP contribution >= 0.6 is 0 Å². The fourth-order valence-corrected chi connectivity index (χ4v) is 4.05. The van der Waals surface area contributed by atoms with Crippen LogP contribution in [0.3, 0.4) is 0 Å². The molecular weight excluding hydrogens is 274 g/mol. The molecule has 1 heterocycles. The Balaban J connectivity index is 2.10. The summed E-state index contributed by atoms with van der Waals surface area (Å²) in [7, 11) is -3.43. The maximum atomic E-state index is 12.3. The van der Waals surface area contributed by atoms with Crippen molar-refractivity contribution in [3.8, 4) is 0 Å². The molecule has 0 aromatic heterocycles. The van der Waals surface area contributed by atoms with Crippen LogP contribution in [0.25, 0.3) is 0 Å². The molecule has 1 fully saturated rings. The van der Waals surface area contributed by atoms with Gasteiger partial charge in [0.15, 0.2) is 0 Å². The van der Waals surface area contributed by atoms with Gasteiger partial charge >= 0.3 is 0 Å². The van der Waals surface area contributed by atoms with Crippen LogP contribution in [0.1, 0.15) is 39.5 Å². The second-order valence-corrected chi connectivity index (χ2v) is 7.08. The minimum Gasteiger partial charge on any atom is -0.375 e. The van der Waals surface area contributed by atoms with Crippen LogP contribution in [0.4, 0.5) is 0 Å². The van der Waals surface area contributed by atoms with E-state index in [1.165, 1.54) is 0 Å². The number of rotatable bonds is 5. The van der Waals surface area contributed by atoms with E-state index in [1.54, 1.807) is 24.3 Å². The highest BCUT2D eigenvalue weighted by Crippen LogP contribution is 2.31. The Bertz CT molecular complexity index is 523. The highest BCUT2D eigenvalue weighted by atomic mass is 32.2. The van der Waals surface area contributed by atoms with E-state index in [-0.39, 0.29) is 11.6 Å². The summed E-state index contributed by atoms with van der Waals surface area (Å²) in [6.45, 7) is 4.80. The molecule has 1 saturated heterocycles. The van der Waals surface area contributed by atoms with Gasteiger partial charge in [-0.15, -0.1) is 0 Å². The van der Waals surface area contributed by atoms with Crippen molar-refractivity contribution >= 4 is 10.0 Å². The smallest absolute Gasteiger partial charge is 0.240 e. The second-order valence-electron chi connectivity index (χ2n) is 5.36. The lowest BCUT2D eigenvalue weighted by molar-refractivity contribution is -0.0905. The Morgan fingerprint density at radius 3 is 2.50 bits per heavy atom. The van der Waals surface area contributed by atoms with Crippen molar-refractivity contribution in [1.82, 2.24) is 4.72 Å². The highest BCUT2D eigenvalue weighted by molar-refractivity contribution is 7.89. The number of hydrogen-bond acceptors (Lipinski definition) is 3. The highest BCUT2D eigenvalue weighted by Gasteiger charge is 2.36. The molecule has 0 spiro atoms. The number of benzene rings is 1. The van der Waals surface area contributed by atoms with E-state index in [0.29, 0.717) is 11.5 Å². The molecule has 1 aromatic carbocycles. The van der Waals surface area contributed by atoms with Gasteiger partial charge in [-0.2, -0.15) is 0 Å². The average Bonchev–Trinajstić information content (AvgIpc) is 2.48. The van der Waals surface area contributed by atoms with Crippen LogP contribution in [0.5, 0.6) is 0 Å². The van der Waals surface area contributed by atoms with Crippen LogP contribution in [-0.4, -0.2) is 26.7 Å². The Labute approximate surface area is 121 Å². The van der Waals surface area contributed by atoms with Crippen molar-refractivity contribution in [3.63, 3.8) is 0 Å². The van der Waals surface area contributed by atoms with Crippen molar-refractivity contribution in [2.45, 2.75) is 56.1 Å². The first-order chi connectivity index (χ1) is 9.51. The van der Waals surface area contributed by atoms with Gasteiger partial charge < -0.3 is 4.74 Å². The molecule has 1 aliphatic heterocycles.